The summed E-state index contributed by atoms with van der Waals surface area (Å²) in [6.07, 6.45) is 6.41. The second-order valence-corrected chi connectivity index (χ2v) is 5.41. The number of aromatic amines is 1. The first-order valence-electron chi connectivity index (χ1n) is 7.01. The molecule has 3 aromatic rings. The first kappa shape index (κ1) is 12.2. The van der Waals surface area contributed by atoms with Crippen LogP contribution in [0.25, 0.3) is 16.7 Å². The van der Waals surface area contributed by atoms with Gasteiger partial charge in [-0.05, 0) is 18.9 Å². The van der Waals surface area contributed by atoms with Crippen molar-refractivity contribution < 1.29 is 9.90 Å². The maximum Gasteiger partial charge on any atom is 0.407 e. The molecule has 1 atom stereocenters. The van der Waals surface area contributed by atoms with E-state index in [1.165, 1.54) is 4.90 Å². The van der Waals surface area contributed by atoms with Gasteiger partial charge >= 0.3 is 6.09 Å². The van der Waals surface area contributed by atoms with Gasteiger partial charge in [0.05, 0.1) is 23.4 Å². The zero-order chi connectivity index (χ0) is 14.4. The molecule has 0 aliphatic carbocycles. The predicted molar refractivity (Wildman–Crippen MR) is 76.4 cm³/mol. The zero-order valence-electron chi connectivity index (χ0n) is 11.4. The SMILES string of the molecule is O=C(O)N1CCCC(c2ncc3cnc4[nH]ccc4n23)C1. The molecule has 1 unspecified atom stereocenters. The third-order valence-electron chi connectivity index (χ3n) is 4.14. The number of fused-ring (bicyclic) bond motifs is 3. The number of likely N-dealkylation sites (tertiary alicyclic amines) is 1. The second kappa shape index (κ2) is 4.47. The lowest BCUT2D eigenvalue weighted by Gasteiger charge is -2.30. The Morgan fingerprint density at radius 2 is 2.24 bits per heavy atom. The molecular formula is C14H15N5O2. The van der Waals surface area contributed by atoms with Crippen LogP contribution in [0.5, 0.6) is 0 Å². The number of piperidine rings is 1. The van der Waals surface area contributed by atoms with Gasteiger partial charge in [0, 0.05) is 25.2 Å². The van der Waals surface area contributed by atoms with E-state index in [1.807, 2.05) is 12.3 Å². The Labute approximate surface area is 120 Å². The molecule has 4 heterocycles. The highest BCUT2D eigenvalue weighted by atomic mass is 16.4. The molecule has 2 N–H and O–H groups in total. The summed E-state index contributed by atoms with van der Waals surface area (Å²) in [5, 5.41) is 9.19. The van der Waals surface area contributed by atoms with Crippen LogP contribution in [0.15, 0.2) is 24.7 Å². The van der Waals surface area contributed by atoms with E-state index in [2.05, 4.69) is 19.4 Å². The van der Waals surface area contributed by atoms with Crippen molar-refractivity contribution in [2.45, 2.75) is 18.8 Å². The lowest BCUT2D eigenvalue weighted by atomic mass is 9.97. The molecule has 0 radical (unpaired) electrons. The van der Waals surface area contributed by atoms with Gasteiger partial charge in [0.1, 0.15) is 5.82 Å². The number of aromatic nitrogens is 4. The van der Waals surface area contributed by atoms with E-state index in [4.69, 9.17) is 0 Å². The molecule has 7 heteroatoms. The van der Waals surface area contributed by atoms with Crippen LogP contribution in [-0.2, 0) is 0 Å². The van der Waals surface area contributed by atoms with Crippen molar-refractivity contribution in [3.8, 4) is 0 Å². The highest BCUT2D eigenvalue weighted by Gasteiger charge is 2.27. The summed E-state index contributed by atoms with van der Waals surface area (Å²) in [6.45, 7) is 1.11. The summed E-state index contributed by atoms with van der Waals surface area (Å²) in [7, 11) is 0. The van der Waals surface area contributed by atoms with Crippen LogP contribution in [0.3, 0.4) is 0 Å². The van der Waals surface area contributed by atoms with Gasteiger partial charge in [0.15, 0.2) is 5.65 Å². The minimum absolute atomic E-state index is 0.123. The number of H-pyrrole nitrogens is 1. The number of hydrogen-bond donors (Lipinski definition) is 2. The van der Waals surface area contributed by atoms with Crippen LogP contribution >= 0.6 is 0 Å². The van der Waals surface area contributed by atoms with Crippen molar-refractivity contribution >= 4 is 22.8 Å². The lowest BCUT2D eigenvalue weighted by molar-refractivity contribution is 0.129. The normalized spacial score (nSPS) is 19.4. The highest BCUT2D eigenvalue weighted by Crippen LogP contribution is 2.28. The Morgan fingerprint density at radius 1 is 1.38 bits per heavy atom. The summed E-state index contributed by atoms with van der Waals surface area (Å²) >= 11 is 0. The molecule has 7 nitrogen and oxygen atoms in total. The van der Waals surface area contributed by atoms with Crippen LogP contribution in [0.1, 0.15) is 24.6 Å². The van der Waals surface area contributed by atoms with Crippen LogP contribution in [0, 0.1) is 0 Å². The lowest BCUT2D eigenvalue weighted by Crippen LogP contribution is -2.38. The molecule has 0 aromatic carbocycles. The van der Waals surface area contributed by atoms with Gasteiger partial charge in [-0.25, -0.2) is 14.8 Å². The molecule has 0 bridgehead atoms. The third kappa shape index (κ3) is 1.84. The van der Waals surface area contributed by atoms with Gasteiger partial charge in [0.25, 0.3) is 0 Å². The summed E-state index contributed by atoms with van der Waals surface area (Å²) in [5.41, 5.74) is 2.73. The largest absolute Gasteiger partial charge is 0.465 e. The van der Waals surface area contributed by atoms with E-state index in [9.17, 15) is 9.90 Å². The van der Waals surface area contributed by atoms with Gasteiger partial charge < -0.3 is 15.0 Å². The topological polar surface area (TPSA) is 86.5 Å². The molecule has 1 amide bonds. The number of carbonyl (C=O) groups is 1. The smallest absolute Gasteiger partial charge is 0.407 e. The van der Waals surface area contributed by atoms with E-state index in [0.29, 0.717) is 13.1 Å². The number of nitrogens with zero attached hydrogens (tertiary/aromatic N) is 4. The quantitative estimate of drug-likeness (QED) is 0.716. The highest BCUT2D eigenvalue weighted by molar-refractivity contribution is 5.75. The zero-order valence-corrected chi connectivity index (χ0v) is 11.4. The van der Waals surface area contributed by atoms with Gasteiger partial charge in [-0.1, -0.05) is 0 Å². The molecular weight excluding hydrogens is 270 g/mol. The minimum atomic E-state index is -0.853. The van der Waals surface area contributed by atoms with Crippen molar-refractivity contribution in [3.05, 3.63) is 30.5 Å². The molecule has 4 rings (SSSR count). The van der Waals surface area contributed by atoms with Crippen molar-refractivity contribution in [2.75, 3.05) is 13.1 Å². The van der Waals surface area contributed by atoms with Gasteiger partial charge in [-0.3, -0.25) is 4.40 Å². The fourth-order valence-electron chi connectivity index (χ4n) is 3.15. The van der Waals surface area contributed by atoms with E-state index >= 15 is 0 Å². The van der Waals surface area contributed by atoms with E-state index in [-0.39, 0.29) is 5.92 Å². The van der Waals surface area contributed by atoms with Crippen LogP contribution in [0.4, 0.5) is 4.79 Å². The fourth-order valence-corrected chi connectivity index (χ4v) is 3.15. The van der Waals surface area contributed by atoms with Crippen molar-refractivity contribution in [1.29, 1.82) is 0 Å². The molecule has 21 heavy (non-hydrogen) atoms. The third-order valence-corrected chi connectivity index (χ3v) is 4.14. The van der Waals surface area contributed by atoms with E-state index < -0.39 is 6.09 Å². The number of carboxylic acid groups (broad SMARTS) is 1. The van der Waals surface area contributed by atoms with Gasteiger partial charge in [-0.15, -0.1) is 0 Å². The Morgan fingerprint density at radius 3 is 3.10 bits per heavy atom. The summed E-state index contributed by atoms with van der Waals surface area (Å²) in [6, 6.07) is 1.97. The first-order chi connectivity index (χ1) is 10.2. The number of imidazole rings is 1. The average molecular weight is 285 g/mol. The van der Waals surface area contributed by atoms with Crippen LogP contribution in [0.2, 0.25) is 0 Å². The first-order valence-corrected chi connectivity index (χ1v) is 7.01. The molecule has 1 aliphatic rings. The molecule has 1 saturated heterocycles. The Hall–Kier alpha value is -2.57. The van der Waals surface area contributed by atoms with Crippen LogP contribution < -0.4 is 0 Å². The number of amides is 1. The molecule has 1 fully saturated rings. The van der Waals surface area contributed by atoms with Crippen molar-refractivity contribution in [1.82, 2.24) is 24.3 Å². The Bertz CT molecular complexity index is 821. The standard InChI is InChI=1S/C14H15N5O2/c20-14(21)18-5-1-2-9(8-18)13-17-7-10-6-16-12-11(19(10)13)3-4-15-12/h3-4,6-7,9,15H,1-2,5,8H2,(H,20,21). The Balaban J connectivity index is 1.82. The van der Waals surface area contributed by atoms with Gasteiger partial charge in [-0.2, -0.15) is 0 Å². The maximum absolute atomic E-state index is 11.2. The summed E-state index contributed by atoms with van der Waals surface area (Å²) < 4.78 is 2.08. The van der Waals surface area contributed by atoms with Crippen molar-refractivity contribution in [2.24, 2.45) is 0 Å². The van der Waals surface area contributed by atoms with E-state index in [1.54, 1.807) is 12.4 Å². The van der Waals surface area contributed by atoms with Crippen molar-refractivity contribution in [3.63, 3.8) is 0 Å². The van der Waals surface area contributed by atoms with Crippen LogP contribution in [-0.4, -0.2) is 48.5 Å². The summed E-state index contributed by atoms with van der Waals surface area (Å²) in [5.74, 6) is 1.04. The Kier molecular flexibility index (Phi) is 2.60. The second-order valence-electron chi connectivity index (χ2n) is 5.41. The average Bonchev–Trinajstić information content (AvgIpc) is 3.13. The number of rotatable bonds is 1. The monoisotopic (exact) mass is 285 g/mol. The molecule has 0 spiro atoms. The molecule has 108 valence electrons. The van der Waals surface area contributed by atoms with E-state index in [0.717, 1.165) is 35.3 Å². The molecule has 1 aliphatic heterocycles. The number of hydrogen-bond acceptors (Lipinski definition) is 3. The maximum atomic E-state index is 11.2. The molecule has 0 saturated carbocycles. The van der Waals surface area contributed by atoms with Gasteiger partial charge in [0.2, 0.25) is 0 Å². The minimum Gasteiger partial charge on any atom is -0.465 e. The fraction of sp³-hybridized carbons (Fsp3) is 0.357. The number of nitrogens with one attached hydrogen (secondary N) is 1. The summed E-state index contributed by atoms with van der Waals surface area (Å²) in [4.78, 5) is 24.6. The predicted octanol–water partition coefficient (Wildman–Crippen LogP) is 2.07. The molecule has 3 aromatic heterocycles.